The molecule has 0 aliphatic carbocycles. The molecule has 0 aliphatic rings. The van der Waals surface area contributed by atoms with E-state index >= 15 is 0 Å². The number of alkyl halides is 1. The zero-order valence-corrected chi connectivity index (χ0v) is 9.64. The molecule has 0 aromatic rings. The molecule has 1 atom stereocenters. The van der Waals surface area contributed by atoms with Gasteiger partial charge in [0.05, 0.1) is 25.9 Å². The van der Waals surface area contributed by atoms with Crippen LogP contribution in [0.5, 0.6) is 0 Å². The Hall–Kier alpha value is 0.210. The zero-order chi connectivity index (χ0) is 10.1. The molecule has 2 nitrogen and oxygen atoms in total. The van der Waals surface area contributed by atoms with Gasteiger partial charge in [-0.05, 0) is 19.3 Å². The Balaban J connectivity index is 3.12. The topological polar surface area (TPSA) is 18.5 Å². The first-order valence-corrected chi connectivity index (χ1v) is 5.45. The molecule has 13 heavy (non-hydrogen) atoms. The van der Waals surface area contributed by atoms with Crippen LogP contribution in [0.3, 0.4) is 0 Å². The van der Waals surface area contributed by atoms with E-state index in [0.717, 1.165) is 6.42 Å². The molecule has 0 N–H and O–H groups in total. The standard InChI is InChI=1S/C10H21ClO2/c1-9(2)8-10(3)13-7-6-12-5-4-11/h9-10H,4-8H2,1-3H3. The summed E-state index contributed by atoms with van der Waals surface area (Å²) in [6.07, 6.45) is 1.44. The summed E-state index contributed by atoms with van der Waals surface area (Å²) in [5.41, 5.74) is 0. The number of rotatable bonds is 8. The lowest BCUT2D eigenvalue weighted by atomic mass is 10.1. The van der Waals surface area contributed by atoms with Crippen LogP contribution in [0, 0.1) is 5.92 Å². The van der Waals surface area contributed by atoms with Crippen molar-refractivity contribution in [3.8, 4) is 0 Å². The normalized spacial score (nSPS) is 13.6. The third kappa shape index (κ3) is 10.1. The molecular formula is C10H21ClO2. The predicted octanol–water partition coefficient (Wildman–Crippen LogP) is 2.69. The summed E-state index contributed by atoms with van der Waals surface area (Å²) in [6, 6.07) is 0. The van der Waals surface area contributed by atoms with Crippen LogP contribution < -0.4 is 0 Å². The molecule has 0 amide bonds. The van der Waals surface area contributed by atoms with Gasteiger partial charge in [-0.3, -0.25) is 0 Å². The van der Waals surface area contributed by atoms with Gasteiger partial charge in [-0.1, -0.05) is 13.8 Å². The van der Waals surface area contributed by atoms with Crippen molar-refractivity contribution >= 4 is 11.6 Å². The molecule has 80 valence electrons. The Morgan fingerprint density at radius 3 is 2.31 bits per heavy atom. The number of hydrogen-bond acceptors (Lipinski definition) is 2. The first kappa shape index (κ1) is 13.2. The van der Waals surface area contributed by atoms with Crippen LogP contribution in [0.2, 0.25) is 0 Å². The fraction of sp³-hybridized carbons (Fsp3) is 1.00. The van der Waals surface area contributed by atoms with Crippen LogP contribution in [-0.2, 0) is 9.47 Å². The minimum atomic E-state index is 0.333. The van der Waals surface area contributed by atoms with E-state index in [0.29, 0.717) is 37.7 Å². The van der Waals surface area contributed by atoms with Gasteiger partial charge in [0.25, 0.3) is 0 Å². The Morgan fingerprint density at radius 2 is 1.77 bits per heavy atom. The average molecular weight is 209 g/mol. The highest BCUT2D eigenvalue weighted by atomic mass is 35.5. The molecule has 1 unspecified atom stereocenters. The van der Waals surface area contributed by atoms with Crippen molar-refractivity contribution in [1.29, 1.82) is 0 Å². The van der Waals surface area contributed by atoms with Crippen molar-refractivity contribution in [2.24, 2.45) is 5.92 Å². The minimum Gasteiger partial charge on any atom is -0.378 e. The molecule has 0 saturated carbocycles. The summed E-state index contributed by atoms with van der Waals surface area (Å²) in [5, 5.41) is 0. The maximum Gasteiger partial charge on any atom is 0.0704 e. The van der Waals surface area contributed by atoms with Gasteiger partial charge in [-0.15, -0.1) is 11.6 Å². The average Bonchev–Trinajstić information content (AvgIpc) is 2.02. The van der Waals surface area contributed by atoms with Crippen molar-refractivity contribution in [3.05, 3.63) is 0 Å². The second kappa shape index (κ2) is 8.79. The highest BCUT2D eigenvalue weighted by molar-refractivity contribution is 6.17. The minimum absolute atomic E-state index is 0.333. The molecule has 0 radical (unpaired) electrons. The van der Waals surface area contributed by atoms with E-state index < -0.39 is 0 Å². The Kier molecular flexibility index (Phi) is 8.93. The van der Waals surface area contributed by atoms with Crippen LogP contribution >= 0.6 is 11.6 Å². The van der Waals surface area contributed by atoms with Crippen LogP contribution in [0.25, 0.3) is 0 Å². The number of ether oxygens (including phenoxy) is 2. The quantitative estimate of drug-likeness (QED) is 0.451. The molecule has 0 spiro atoms. The highest BCUT2D eigenvalue weighted by Crippen LogP contribution is 2.06. The van der Waals surface area contributed by atoms with Gasteiger partial charge in [0.1, 0.15) is 0 Å². The molecule has 0 saturated heterocycles. The number of halogens is 1. The van der Waals surface area contributed by atoms with E-state index in [9.17, 15) is 0 Å². The van der Waals surface area contributed by atoms with Gasteiger partial charge in [-0.2, -0.15) is 0 Å². The maximum atomic E-state index is 5.53. The van der Waals surface area contributed by atoms with Crippen molar-refractivity contribution in [2.75, 3.05) is 25.7 Å². The van der Waals surface area contributed by atoms with Crippen molar-refractivity contribution < 1.29 is 9.47 Å². The first-order valence-electron chi connectivity index (χ1n) is 4.92. The molecule has 3 heteroatoms. The monoisotopic (exact) mass is 208 g/mol. The molecular weight excluding hydrogens is 188 g/mol. The highest BCUT2D eigenvalue weighted by Gasteiger charge is 2.04. The largest absolute Gasteiger partial charge is 0.378 e. The predicted molar refractivity (Wildman–Crippen MR) is 56.4 cm³/mol. The Morgan fingerprint density at radius 1 is 1.08 bits per heavy atom. The second-order valence-electron chi connectivity index (χ2n) is 3.61. The van der Waals surface area contributed by atoms with Crippen LogP contribution in [0.4, 0.5) is 0 Å². The summed E-state index contributed by atoms with van der Waals surface area (Å²) < 4.78 is 10.7. The maximum absolute atomic E-state index is 5.53. The smallest absolute Gasteiger partial charge is 0.0704 e. The Labute approximate surface area is 86.6 Å². The number of hydrogen-bond donors (Lipinski definition) is 0. The van der Waals surface area contributed by atoms with Crippen LogP contribution in [0.1, 0.15) is 27.2 Å². The molecule has 0 aliphatic heterocycles. The van der Waals surface area contributed by atoms with E-state index in [1.807, 2.05) is 0 Å². The fourth-order valence-corrected chi connectivity index (χ4v) is 1.31. The van der Waals surface area contributed by atoms with Crippen molar-refractivity contribution in [3.63, 3.8) is 0 Å². The summed E-state index contributed by atoms with van der Waals surface area (Å²) in [6.45, 7) is 8.43. The summed E-state index contributed by atoms with van der Waals surface area (Å²) in [4.78, 5) is 0. The van der Waals surface area contributed by atoms with E-state index in [1.54, 1.807) is 0 Å². The van der Waals surface area contributed by atoms with E-state index in [4.69, 9.17) is 21.1 Å². The second-order valence-corrected chi connectivity index (χ2v) is 3.99. The van der Waals surface area contributed by atoms with Crippen molar-refractivity contribution in [1.82, 2.24) is 0 Å². The van der Waals surface area contributed by atoms with E-state index in [-0.39, 0.29) is 0 Å². The molecule has 0 bridgehead atoms. The third-order valence-corrected chi connectivity index (χ3v) is 1.81. The van der Waals surface area contributed by atoms with Crippen molar-refractivity contribution in [2.45, 2.75) is 33.3 Å². The van der Waals surface area contributed by atoms with Gasteiger partial charge < -0.3 is 9.47 Å². The first-order chi connectivity index (χ1) is 6.16. The molecule has 0 fully saturated rings. The lowest BCUT2D eigenvalue weighted by molar-refractivity contribution is 0.00785. The van der Waals surface area contributed by atoms with Gasteiger partial charge in [0.15, 0.2) is 0 Å². The van der Waals surface area contributed by atoms with Gasteiger partial charge >= 0.3 is 0 Å². The van der Waals surface area contributed by atoms with Crippen LogP contribution in [-0.4, -0.2) is 31.8 Å². The summed E-state index contributed by atoms with van der Waals surface area (Å²) in [5.74, 6) is 1.25. The zero-order valence-electron chi connectivity index (χ0n) is 8.88. The lowest BCUT2D eigenvalue weighted by Crippen LogP contribution is -2.15. The van der Waals surface area contributed by atoms with Gasteiger partial charge in [-0.25, -0.2) is 0 Å². The lowest BCUT2D eigenvalue weighted by Gasteiger charge is -2.14. The SMILES string of the molecule is CC(C)CC(C)OCCOCCCl. The molecule has 0 rings (SSSR count). The molecule has 0 aromatic heterocycles. The van der Waals surface area contributed by atoms with E-state index in [1.165, 1.54) is 0 Å². The molecule has 0 aromatic carbocycles. The molecule has 0 heterocycles. The summed E-state index contributed by atoms with van der Waals surface area (Å²) in [7, 11) is 0. The Bertz CT molecular complexity index is 107. The third-order valence-electron chi connectivity index (χ3n) is 1.65. The summed E-state index contributed by atoms with van der Waals surface area (Å²) >= 11 is 5.45. The van der Waals surface area contributed by atoms with Crippen LogP contribution in [0.15, 0.2) is 0 Å². The fourth-order valence-electron chi connectivity index (χ4n) is 1.20. The van der Waals surface area contributed by atoms with Gasteiger partial charge in [0, 0.05) is 5.88 Å². The van der Waals surface area contributed by atoms with Gasteiger partial charge in [0.2, 0.25) is 0 Å². The van der Waals surface area contributed by atoms with E-state index in [2.05, 4.69) is 20.8 Å².